The summed E-state index contributed by atoms with van der Waals surface area (Å²) in [4.78, 5) is 25.3. The molecule has 2 unspecified atom stereocenters. The van der Waals surface area contributed by atoms with Crippen molar-refractivity contribution in [1.82, 2.24) is 0 Å². The maximum atomic E-state index is 13.0. The van der Waals surface area contributed by atoms with Gasteiger partial charge in [-0.2, -0.15) is 0 Å². The molecule has 4 aliphatic carbocycles. The molecular weight excluding hydrogens is 328 g/mol. The molecule has 0 saturated heterocycles. The van der Waals surface area contributed by atoms with Crippen LogP contribution in [0.3, 0.4) is 0 Å². The minimum atomic E-state index is -0.346. The van der Waals surface area contributed by atoms with Crippen molar-refractivity contribution in [2.45, 2.75) is 71.3 Å². The SMILES string of the molecule is CC(O)C1CC[C@H]2C(=O)C[C@@H]3[C@H](CC[C@]4(C)[C@@H](C(=O)CO)CC[C@@H]34)[C@H]2C1. The van der Waals surface area contributed by atoms with Gasteiger partial charge in [-0.3, -0.25) is 9.59 Å². The third-order valence-corrected chi connectivity index (χ3v) is 9.06. The van der Waals surface area contributed by atoms with Crippen LogP contribution in [-0.2, 0) is 9.59 Å². The fourth-order valence-electron chi connectivity index (χ4n) is 7.72. The van der Waals surface area contributed by atoms with Gasteiger partial charge in [0.15, 0.2) is 5.78 Å². The van der Waals surface area contributed by atoms with E-state index in [1.54, 1.807) is 0 Å². The van der Waals surface area contributed by atoms with Gasteiger partial charge in [-0.1, -0.05) is 6.92 Å². The van der Waals surface area contributed by atoms with Crippen molar-refractivity contribution in [3.05, 3.63) is 0 Å². The van der Waals surface area contributed by atoms with Gasteiger partial charge in [-0.15, -0.1) is 0 Å². The number of hydrogen-bond donors (Lipinski definition) is 2. The summed E-state index contributed by atoms with van der Waals surface area (Å²) >= 11 is 0. The van der Waals surface area contributed by atoms with E-state index in [2.05, 4.69) is 6.92 Å². The molecule has 2 N–H and O–H groups in total. The molecule has 4 aliphatic rings. The van der Waals surface area contributed by atoms with E-state index in [1.807, 2.05) is 6.92 Å². The normalized spacial score (nSPS) is 49.1. The number of carbonyl (C=O) groups is 2. The third-order valence-electron chi connectivity index (χ3n) is 9.06. The summed E-state index contributed by atoms with van der Waals surface area (Å²) in [6.45, 7) is 3.79. The predicted octanol–water partition coefficient (Wildman–Crippen LogP) is 2.99. The van der Waals surface area contributed by atoms with Gasteiger partial charge >= 0.3 is 0 Å². The van der Waals surface area contributed by atoms with Crippen LogP contribution >= 0.6 is 0 Å². The molecule has 26 heavy (non-hydrogen) atoms. The first-order valence-electron chi connectivity index (χ1n) is 10.7. The van der Waals surface area contributed by atoms with E-state index in [0.717, 1.165) is 44.9 Å². The summed E-state index contributed by atoms with van der Waals surface area (Å²) in [6, 6.07) is 0. The topological polar surface area (TPSA) is 74.6 Å². The number of aliphatic hydroxyl groups excluding tert-OH is 2. The Morgan fingerprint density at radius 2 is 1.92 bits per heavy atom. The highest BCUT2D eigenvalue weighted by molar-refractivity contribution is 5.84. The summed E-state index contributed by atoms with van der Waals surface area (Å²) in [7, 11) is 0. The highest BCUT2D eigenvalue weighted by Crippen LogP contribution is 2.64. The van der Waals surface area contributed by atoms with E-state index in [-0.39, 0.29) is 35.7 Å². The quantitative estimate of drug-likeness (QED) is 0.809. The van der Waals surface area contributed by atoms with Gasteiger partial charge in [0.05, 0.1) is 6.10 Å². The van der Waals surface area contributed by atoms with Crippen molar-refractivity contribution in [2.24, 2.45) is 46.8 Å². The first-order chi connectivity index (χ1) is 12.4. The minimum absolute atomic E-state index is 0.000276. The number of hydrogen-bond acceptors (Lipinski definition) is 4. The Hall–Kier alpha value is -0.740. The number of aliphatic hydroxyl groups is 2. The average Bonchev–Trinajstić information content (AvgIpc) is 2.98. The molecule has 0 radical (unpaired) electrons. The molecule has 4 heteroatoms. The lowest BCUT2D eigenvalue weighted by atomic mass is 9.48. The number of carbonyl (C=O) groups excluding carboxylic acids is 2. The van der Waals surface area contributed by atoms with Crippen LogP contribution in [0.1, 0.15) is 65.2 Å². The molecule has 9 atom stereocenters. The molecule has 0 aliphatic heterocycles. The molecular formula is C22H34O4. The zero-order valence-corrected chi connectivity index (χ0v) is 16.2. The molecule has 0 heterocycles. The van der Waals surface area contributed by atoms with Crippen LogP contribution in [0.15, 0.2) is 0 Å². The van der Waals surface area contributed by atoms with Gasteiger partial charge in [0.2, 0.25) is 0 Å². The molecule has 146 valence electrons. The molecule has 0 aromatic heterocycles. The molecule has 0 aromatic carbocycles. The van der Waals surface area contributed by atoms with E-state index in [9.17, 15) is 19.8 Å². The van der Waals surface area contributed by atoms with E-state index in [0.29, 0.717) is 41.8 Å². The lowest BCUT2D eigenvalue weighted by Gasteiger charge is -2.55. The minimum Gasteiger partial charge on any atom is -0.393 e. The standard InChI is InChI=1S/C22H34O4/c1-12(24)13-3-4-15-16(9-13)14-7-8-22(2)18(17(14)10-20(15)25)5-6-19(22)21(26)11-23/h12-19,23-24H,3-11H2,1-2H3/t12?,13?,14-,15-,16-,17-,18+,19-,22+/m1/s1. The van der Waals surface area contributed by atoms with Crippen LogP contribution in [0.4, 0.5) is 0 Å². The highest BCUT2D eigenvalue weighted by atomic mass is 16.3. The fraction of sp³-hybridized carbons (Fsp3) is 0.909. The Bertz CT molecular complexity index is 585. The summed E-state index contributed by atoms with van der Waals surface area (Å²) in [5, 5.41) is 19.5. The summed E-state index contributed by atoms with van der Waals surface area (Å²) in [6.07, 6.45) is 7.41. The zero-order chi connectivity index (χ0) is 18.6. The van der Waals surface area contributed by atoms with Crippen molar-refractivity contribution in [3.8, 4) is 0 Å². The van der Waals surface area contributed by atoms with Crippen molar-refractivity contribution < 1.29 is 19.8 Å². The Morgan fingerprint density at radius 3 is 2.62 bits per heavy atom. The second-order valence-corrected chi connectivity index (χ2v) is 9.99. The Kier molecular flexibility index (Phi) is 4.80. The van der Waals surface area contributed by atoms with Crippen LogP contribution in [0.2, 0.25) is 0 Å². The third kappa shape index (κ3) is 2.71. The lowest BCUT2D eigenvalue weighted by Crippen LogP contribution is -2.52. The second-order valence-electron chi connectivity index (χ2n) is 9.99. The molecule has 4 rings (SSSR count). The van der Waals surface area contributed by atoms with Gasteiger partial charge in [-0.25, -0.2) is 0 Å². The number of ketones is 2. The Morgan fingerprint density at radius 1 is 1.15 bits per heavy atom. The van der Waals surface area contributed by atoms with Crippen LogP contribution in [0.5, 0.6) is 0 Å². The van der Waals surface area contributed by atoms with Crippen molar-refractivity contribution in [2.75, 3.05) is 6.61 Å². The molecule has 4 saturated carbocycles. The number of fused-ring (bicyclic) bond motifs is 5. The predicted molar refractivity (Wildman–Crippen MR) is 98.3 cm³/mol. The first-order valence-corrected chi connectivity index (χ1v) is 10.7. The maximum Gasteiger partial charge on any atom is 0.161 e. The summed E-state index contributed by atoms with van der Waals surface area (Å²) in [5.74, 6) is 2.84. The second kappa shape index (κ2) is 6.70. The van der Waals surface area contributed by atoms with Crippen molar-refractivity contribution >= 4 is 11.6 Å². The summed E-state index contributed by atoms with van der Waals surface area (Å²) < 4.78 is 0. The molecule has 0 amide bonds. The smallest absolute Gasteiger partial charge is 0.161 e. The van der Waals surface area contributed by atoms with Gasteiger partial charge < -0.3 is 10.2 Å². The molecule has 0 bridgehead atoms. The van der Waals surface area contributed by atoms with Crippen LogP contribution < -0.4 is 0 Å². The van der Waals surface area contributed by atoms with E-state index in [4.69, 9.17) is 0 Å². The zero-order valence-electron chi connectivity index (χ0n) is 16.2. The van der Waals surface area contributed by atoms with Gasteiger partial charge in [-0.05, 0) is 86.9 Å². The first kappa shape index (κ1) is 18.6. The van der Waals surface area contributed by atoms with E-state index in [1.165, 1.54) is 0 Å². The summed E-state index contributed by atoms with van der Waals surface area (Å²) in [5.41, 5.74) is -0.0353. The van der Waals surface area contributed by atoms with Crippen LogP contribution in [-0.4, -0.2) is 34.5 Å². The van der Waals surface area contributed by atoms with Crippen molar-refractivity contribution in [3.63, 3.8) is 0 Å². The lowest BCUT2D eigenvalue weighted by molar-refractivity contribution is -0.145. The van der Waals surface area contributed by atoms with Crippen LogP contribution in [0.25, 0.3) is 0 Å². The van der Waals surface area contributed by atoms with Gasteiger partial charge in [0.1, 0.15) is 12.4 Å². The maximum absolute atomic E-state index is 13.0. The van der Waals surface area contributed by atoms with E-state index >= 15 is 0 Å². The van der Waals surface area contributed by atoms with Crippen LogP contribution in [0, 0.1) is 46.8 Å². The largest absolute Gasteiger partial charge is 0.393 e. The fourth-order valence-corrected chi connectivity index (χ4v) is 7.72. The average molecular weight is 363 g/mol. The monoisotopic (exact) mass is 362 g/mol. The highest BCUT2D eigenvalue weighted by Gasteiger charge is 2.59. The number of rotatable bonds is 3. The molecule has 4 nitrogen and oxygen atoms in total. The molecule has 4 fully saturated rings. The van der Waals surface area contributed by atoms with Gasteiger partial charge in [0.25, 0.3) is 0 Å². The van der Waals surface area contributed by atoms with Gasteiger partial charge in [0, 0.05) is 18.3 Å². The van der Waals surface area contributed by atoms with E-state index < -0.39 is 0 Å². The molecule has 0 spiro atoms. The Labute approximate surface area is 156 Å². The molecule has 0 aromatic rings. The number of Topliss-reactive ketones (excluding diaryl/α,β-unsaturated/α-hetero) is 2. The van der Waals surface area contributed by atoms with Crippen molar-refractivity contribution in [1.29, 1.82) is 0 Å². The Balaban J connectivity index is 1.59.